The molecule has 45 heavy (non-hydrogen) atoms. The van der Waals surface area contributed by atoms with Crippen molar-refractivity contribution in [3.05, 3.63) is 130 Å². The number of nitrogens with zero attached hydrogens (tertiary/aromatic N) is 2. The van der Waals surface area contributed by atoms with Crippen LogP contribution in [0, 0.1) is 0 Å². The Balaban J connectivity index is 1.55. The van der Waals surface area contributed by atoms with E-state index in [1.54, 1.807) is 48.5 Å². The van der Waals surface area contributed by atoms with E-state index < -0.39 is 29.9 Å². The molecule has 0 aliphatic carbocycles. The van der Waals surface area contributed by atoms with Crippen molar-refractivity contribution in [2.45, 2.75) is 25.4 Å². The van der Waals surface area contributed by atoms with Gasteiger partial charge in [-0.05, 0) is 65.2 Å². The second-order valence-corrected chi connectivity index (χ2v) is 10.4. The maximum atomic E-state index is 13.7. The summed E-state index contributed by atoms with van der Waals surface area (Å²) in [5, 5.41) is 19.7. The molecule has 4 rings (SSSR count). The Morgan fingerprint density at radius 3 is 2.13 bits per heavy atom. The molecule has 0 saturated heterocycles. The molecule has 0 spiro atoms. The maximum Gasteiger partial charge on any atom is 0.343 e. The SMILES string of the molecule is NC(N)=Nc1ccc(C(=O)Oc2ccc(CC(=O)N(Cc3cccc(C(=O)O)c3)[C@@H](Cc3ccccc3)C(=O)O)c(Cl)c2)cc1. The molecule has 0 radical (unpaired) electrons. The minimum absolute atomic E-state index is 0.00715. The summed E-state index contributed by atoms with van der Waals surface area (Å²) in [4.78, 5) is 55.5. The summed E-state index contributed by atoms with van der Waals surface area (Å²) in [5.41, 5.74) is 12.9. The minimum atomic E-state index is -1.26. The first-order valence-electron chi connectivity index (χ1n) is 13.6. The highest BCUT2D eigenvalue weighted by Crippen LogP contribution is 2.26. The molecule has 0 fully saturated rings. The van der Waals surface area contributed by atoms with Crippen molar-refractivity contribution in [2.75, 3.05) is 0 Å². The van der Waals surface area contributed by atoms with Crippen LogP contribution in [-0.2, 0) is 29.0 Å². The van der Waals surface area contributed by atoms with Crippen molar-refractivity contribution in [3.63, 3.8) is 0 Å². The Kier molecular flexibility index (Phi) is 10.5. The zero-order valence-electron chi connectivity index (χ0n) is 23.8. The summed E-state index contributed by atoms with van der Waals surface area (Å²) in [6.07, 6.45) is -0.243. The number of benzene rings is 4. The molecule has 0 aliphatic heterocycles. The fourth-order valence-corrected chi connectivity index (χ4v) is 4.76. The summed E-state index contributed by atoms with van der Waals surface area (Å²) < 4.78 is 5.43. The van der Waals surface area contributed by atoms with Crippen molar-refractivity contribution < 1.29 is 34.1 Å². The first kappa shape index (κ1) is 32.2. The van der Waals surface area contributed by atoms with Gasteiger partial charge in [0.05, 0.1) is 23.2 Å². The maximum absolute atomic E-state index is 13.7. The fourth-order valence-electron chi connectivity index (χ4n) is 4.53. The molecule has 0 bridgehead atoms. The molecule has 4 aromatic rings. The summed E-state index contributed by atoms with van der Waals surface area (Å²) in [6, 6.07) is 24.0. The third kappa shape index (κ3) is 8.91. The second kappa shape index (κ2) is 14.7. The van der Waals surface area contributed by atoms with Gasteiger partial charge in [0.2, 0.25) is 5.91 Å². The van der Waals surface area contributed by atoms with Crippen molar-refractivity contribution in [1.82, 2.24) is 4.90 Å². The number of rotatable bonds is 12. The van der Waals surface area contributed by atoms with Crippen LogP contribution < -0.4 is 16.2 Å². The normalized spacial score (nSPS) is 11.2. The summed E-state index contributed by atoms with van der Waals surface area (Å²) in [6.45, 7) is -0.154. The van der Waals surface area contributed by atoms with Crippen LogP contribution in [-0.4, -0.2) is 50.9 Å². The number of amides is 1. The lowest BCUT2D eigenvalue weighted by Crippen LogP contribution is -2.46. The van der Waals surface area contributed by atoms with E-state index in [9.17, 15) is 29.4 Å². The average Bonchev–Trinajstić information content (AvgIpc) is 3.00. The standard InChI is InChI=1S/C33H29ClN4O7/c34-27-18-26(45-32(44)22-9-12-25(13-10-22)37-33(35)36)14-11-23(27)17-29(39)38(19-21-7-4-8-24(15-21)30(40)41)28(31(42)43)16-20-5-2-1-3-6-20/h1-15,18,28H,16-17,19H2,(H,40,41)(H,42,43)(H4,35,36,37)/t28-/m0/s1. The van der Waals surface area contributed by atoms with E-state index >= 15 is 0 Å². The van der Waals surface area contributed by atoms with Crippen LogP contribution in [0.25, 0.3) is 0 Å². The Bertz CT molecular complexity index is 1740. The number of ether oxygens (including phenoxy) is 1. The van der Waals surface area contributed by atoms with Gasteiger partial charge < -0.3 is 31.3 Å². The number of aliphatic imine (C=N–C) groups is 1. The molecule has 12 heteroatoms. The van der Waals surface area contributed by atoms with Crippen LogP contribution in [0.4, 0.5) is 5.69 Å². The van der Waals surface area contributed by atoms with E-state index in [1.807, 2.05) is 0 Å². The molecule has 6 N–H and O–H groups in total. The Labute approximate surface area is 263 Å². The lowest BCUT2D eigenvalue weighted by atomic mass is 10.0. The average molecular weight is 629 g/mol. The molecular weight excluding hydrogens is 600 g/mol. The third-order valence-corrected chi connectivity index (χ3v) is 7.07. The number of aromatic carboxylic acids is 1. The van der Waals surface area contributed by atoms with Crippen molar-refractivity contribution in [2.24, 2.45) is 16.5 Å². The number of carboxylic acid groups (broad SMARTS) is 2. The van der Waals surface area contributed by atoms with Crippen molar-refractivity contribution in [1.29, 1.82) is 0 Å². The van der Waals surface area contributed by atoms with Crippen molar-refractivity contribution in [3.8, 4) is 5.75 Å². The number of nitrogens with two attached hydrogens (primary N) is 2. The van der Waals surface area contributed by atoms with Crippen molar-refractivity contribution >= 4 is 47.1 Å². The van der Waals surface area contributed by atoms with Crippen LogP contribution in [0.5, 0.6) is 5.75 Å². The Morgan fingerprint density at radius 1 is 0.822 bits per heavy atom. The van der Waals surface area contributed by atoms with Gasteiger partial charge in [-0.2, -0.15) is 0 Å². The zero-order chi connectivity index (χ0) is 32.5. The largest absolute Gasteiger partial charge is 0.480 e. The number of hydrogen-bond acceptors (Lipinski definition) is 6. The number of guanidine groups is 1. The van der Waals surface area contributed by atoms with E-state index in [1.165, 1.54) is 53.4 Å². The van der Waals surface area contributed by atoms with E-state index in [-0.39, 0.29) is 47.2 Å². The number of carbonyl (C=O) groups excluding carboxylic acids is 2. The lowest BCUT2D eigenvalue weighted by Gasteiger charge is -2.30. The molecule has 0 unspecified atom stereocenters. The number of esters is 1. The van der Waals surface area contributed by atoms with E-state index in [4.69, 9.17) is 27.8 Å². The summed E-state index contributed by atoms with van der Waals surface area (Å²) in [7, 11) is 0. The molecule has 11 nitrogen and oxygen atoms in total. The highest BCUT2D eigenvalue weighted by atomic mass is 35.5. The van der Waals surface area contributed by atoms with Gasteiger partial charge in [-0.1, -0.05) is 60.1 Å². The quantitative estimate of drug-likeness (QED) is 0.0762. The molecule has 1 atom stereocenters. The monoisotopic (exact) mass is 628 g/mol. The van der Waals surface area contributed by atoms with Gasteiger partial charge in [-0.25, -0.2) is 19.4 Å². The third-order valence-electron chi connectivity index (χ3n) is 6.72. The van der Waals surface area contributed by atoms with Gasteiger partial charge in [0.25, 0.3) is 0 Å². The van der Waals surface area contributed by atoms with Gasteiger partial charge in [-0.15, -0.1) is 0 Å². The van der Waals surface area contributed by atoms with Crippen LogP contribution in [0.2, 0.25) is 5.02 Å². The molecule has 4 aromatic carbocycles. The summed E-state index contributed by atoms with van der Waals surface area (Å²) in [5.74, 6) is -3.57. The number of hydrogen-bond donors (Lipinski definition) is 4. The smallest absolute Gasteiger partial charge is 0.343 e. The fraction of sp³-hybridized carbons (Fsp3) is 0.121. The number of halogens is 1. The molecular formula is C33H29ClN4O7. The van der Waals surface area contributed by atoms with Crippen LogP contribution >= 0.6 is 11.6 Å². The topological polar surface area (TPSA) is 186 Å². The van der Waals surface area contributed by atoms with Gasteiger partial charge in [0.15, 0.2) is 5.96 Å². The molecule has 0 saturated carbocycles. The minimum Gasteiger partial charge on any atom is -0.480 e. The van der Waals surface area contributed by atoms with Gasteiger partial charge in [-0.3, -0.25) is 4.79 Å². The molecule has 0 aromatic heterocycles. The highest BCUT2D eigenvalue weighted by Gasteiger charge is 2.30. The lowest BCUT2D eigenvalue weighted by molar-refractivity contribution is -0.150. The molecule has 230 valence electrons. The number of carbonyl (C=O) groups is 4. The number of carboxylic acids is 2. The first-order chi connectivity index (χ1) is 21.5. The van der Waals surface area contributed by atoms with E-state index in [2.05, 4.69) is 4.99 Å². The Morgan fingerprint density at radius 2 is 1.51 bits per heavy atom. The predicted octanol–water partition coefficient (Wildman–Crippen LogP) is 4.43. The van der Waals surface area contributed by atoms with E-state index in [0.717, 1.165) is 0 Å². The molecule has 0 aliphatic rings. The second-order valence-electron chi connectivity index (χ2n) is 9.97. The van der Waals surface area contributed by atoms with Crippen LogP contribution in [0.1, 0.15) is 37.4 Å². The molecule has 0 heterocycles. The van der Waals surface area contributed by atoms with Crippen LogP contribution in [0.15, 0.2) is 102 Å². The predicted molar refractivity (Wildman–Crippen MR) is 168 cm³/mol. The van der Waals surface area contributed by atoms with Crippen LogP contribution in [0.3, 0.4) is 0 Å². The van der Waals surface area contributed by atoms with Gasteiger partial charge in [0.1, 0.15) is 11.8 Å². The van der Waals surface area contributed by atoms with Gasteiger partial charge >= 0.3 is 17.9 Å². The van der Waals surface area contributed by atoms with Gasteiger partial charge in [0, 0.05) is 18.0 Å². The number of aliphatic carboxylic acids is 1. The zero-order valence-corrected chi connectivity index (χ0v) is 24.6. The molecule has 1 amide bonds. The first-order valence-corrected chi connectivity index (χ1v) is 14.0. The summed E-state index contributed by atoms with van der Waals surface area (Å²) >= 11 is 6.48. The van der Waals surface area contributed by atoms with E-state index in [0.29, 0.717) is 22.4 Å². The highest BCUT2D eigenvalue weighted by molar-refractivity contribution is 6.31. The Hall–Kier alpha value is -5.68.